The molecule has 1 saturated carbocycles. The third kappa shape index (κ3) is 6.23. The number of aromatic nitrogens is 1. The largest absolute Gasteiger partial charge is 0.493 e. The highest BCUT2D eigenvalue weighted by atomic mass is 16.5. The lowest BCUT2D eigenvalue weighted by Gasteiger charge is -2.36. The number of hydrogen-bond donors (Lipinski definition) is 0. The van der Waals surface area contributed by atoms with Gasteiger partial charge in [-0.25, -0.2) is 0 Å². The second kappa shape index (κ2) is 9.50. The number of ether oxygens (including phenoxy) is 1. The van der Waals surface area contributed by atoms with Gasteiger partial charge >= 0.3 is 0 Å². The molecule has 0 spiro atoms. The molecule has 0 N–H and O–H groups in total. The zero-order valence-corrected chi connectivity index (χ0v) is 20.2. The molecular weight excluding hydrogens is 386 g/mol. The van der Waals surface area contributed by atoms with E-state index in [0.717, 1.165) is 54.0 Å². The van der Waals surface area contributed by atoms with E-state index in [4.69, 9.17) is 9.26 Å². The number of fused-ring (bicyclic) bond motifs is 1. The minimum Gasteiger partial charge on any atom is -0.493 e. The van der Waals surface area contributed by atoms with E-state index < -0.39 is 0 Å². The van der Waals surface area contributed by atoms with Gasteiger partial charge < -0.3 is 19.1 Å². The van der Waals surface area contributed by atoms with Gasteiger partial charge in [-0.15, -0.1) is 0 Å². The average Bonchev–Trinajstić information content (AvgIpc) is 3.43. The van der Waals surface area contributed by atoms with Gasteiger partial charge in [0.05, 0.1) is 17.9 Å². The van der Waals surface area contributed by atoms with E-state index in [1.165, 1.54) is 57.1 Å². The van der Waals surface area contributed by atoms with Crippen LogP contribution in [0.1, 0.15) is 64.1 Å². The van der Waals surface area contributed by atoms with Crippen LogP contribution in [0, 0.1) is 17.3 Å². The first kappa shape index (κ1) is 22.6. The standard InChI is InChI=1S/C26H41N3O2/c1-26(2,3)18-29-14-12-19(13-15-29)8-10-23-21-9-11-24(30-17-20-6-7-20)22(16-28(4)5)25(21)31-27-23/h9,11,19-20H,6-8,10,12-18H2,1-5H3. The van der Waals surface area contributed by atoms with Crippen molar-refractivity contribution in [2.24, 2.45) is 17.3 Å². The van der Waals surface area contributed by atoms with Crippen LogP contribution in [0.4, 0.5) is 0 Å². The molecule has 1 saturated heterocycles. The van der Waals surface area contributed by atoms with Gasteiger partial charge in [0.1, 0.15) is 5.75 Å². The van der Waals surface area contributed by atoms with E-state index in [1.54, 1.807) is 0 Å². The summed E-state index contributed by atoms with van der Waals surface area (Å²) >= 11 is 0. The van der Waals surface area contributed by atoms with Crippen molar-refractivity contribution in [3.05, 3.63) is 23.4 Å². The number of benzene rings is 1. The van der Waals surface area contributed by atoms with Crippen molar-refractivity contribution in [2.45, 2.75) is 65.8 Å². The van der Waals surface area contributed by atoms with Crippen molar-refractivity contribution in [1.82, 2.24) is 15.0 Å². The molecule has 172 valence electrons. The summed E-state index contributed by atoms with van der Waals surface area (Å²) in [5, 5.41) is 5.67. The van der Waals surface area contributed by atoms with Crippen LogP contribution in [0.3, 0.4) is 0 Å². The van der Waals surface area contributed by atoms with Crippen LogP contribution >= 0.6 is 0 Å². The molecule has 0 unspecified atom stereocenters. The first-order chi connectivity index (χ1) is 14.8. The van der Waals surface area contributed by atoms with E-state index in [2.05, 4.69) is 62.0 Å². The zero-order chi connectivity index (χ0) is 22.0. The molecule has 1 aliphatic carbocycles. The van der Waals surface area contributed by atoms with Gasteiger partial charge in [-0.2, -0.15) is 0 Å². The normalized spacial score (nSPS) is 18.9. The van der Waals surface area contributed by atoms with E-state index in [-0.39, 0.29) is 0 Å². The number of piperidine rings is 1. The Kier molecular flexibility index (Phi) is 6.92. The molecule has 0 radical (unpaired) electrons. The monoisotopic (exact) mass is 427 g/mol. The number of nitrogens with zero attached hydrogens (tertiary/aromatic N) is 3. The quantitative estimate of drug-likeness (QED) is 0.538. The van der Waals surface area contributed by atoms with Gasteiger partial charge in [0.15, 0.2) is 5.58 Å². The Morgan fingerprint density at radius 3 is 2.48 bits per heavy atom. The molecule has 4 rings (SSSR count). The maximum absolute atomic E-state index is 6.16. The van der Waals surface area contributed by atoms with Gasteiger partial charge in [-0.1, -0.05) is 25.9 Å². The first-order valence-electron chi connectivity index (χ1n) is 12.2. The molecule has 5 nitrogen and oxygen atoms in total. The van der Waals surface area contributed by atoms with Gasteiger partial charge in [0.2, 0.25) is 0 Å². The van der Waals surface area contributed by atoms with Gasteiger partial charge in [-0.05, 0) is 95.1 Å². The summed E-state index contributed by atoms with van der Waals surface area (Å²) in [6, 6.07) is 4.30. The molecule has 2 aromatic rings. The number of rotatable bonds is 9. The molecular formula is C26H41N3O2. The Hall–Kier alpha value is -1.59. The summed E-state index contributed by atoms with van der Waals surface area (Å²) in [6.45, 7) is 12.3. The smallest absolute Gasteiger partial charge is 0.175 e. The van der Waals surface area contributed by atoms with Crippen molar-refractivity contribution in [3.8, 4) is 5.75 Å². The van der Waals surface area contributed by atoms with E-state index in [9.17, 15) is 0 Å². The molecule has 2 aliphatic rings. The van der Waals surface area contributed by atoms with Gasteiger partial charge in [-0.3, -0.25) is 0 Å². The van der Waals surface area contributed by atoms with E-state index >= 15 is 0 Å². The van der Waals surface area contributed by atoms with Crippen molar-refractivity contribution >= 4 is 11.0 Å². The predicted octanol–water partition coefficient (Wildman–Crippen LogP) is 5.37. The lowest BCUT2D eigenvalue weighted by atomic mass is 9.89. The first-order valence-corrected chi connectivity index (χ1v) is 12.2. The molecule has 1 aromatic heterocycles. The fourth-order valence-corrected chi connectivity index (χ4v) is 4.81. The average molecular weight is 428 g/mol. The molecule has 1 aromatic carbocycles. The summed E-state index contributed by atoms with van der Waals surface area (Å²) in [6.07, 6.45) is 7.40. The van der Waals surface area contributed by atoms with Gasteiger partial charge in [0.25, 0.3) is 0 Å². The predicted molar refractivity (Wildman–Crippen MR) is 127 cm³/mol. The summed E-state index contributed by atoms with van der Waals surface area (Å²) < 4.78 is 12.1. The Labute approximate surface area is 188 Å². The molecule has 2 heterocycles. The highest BCUT2D eigenvalue weighted by molar-refractivity contribution is 5.84. The SMILES string of the molecule is CN(C)Cc1c(OCC2CC2)ccc2c(CCC3CCN(CC(C)(C)C)CC3)noc12. The second-order valence-corrected chi connectivity index (χ2v) is 11.4. The van der Waals surface area contributed by atoms with Crippen molar-refractivity contribution < 1.29 is 9.26 Å². The number of likely N-dealkylation sites (tertiary alicyclic amines) is 1. The highest BCUT2D eigenvalue weighted by Crippen LogP contribution is 2.35. The summed E-state index contributed by atoms with van der Waals surface area (Å²) in [4.78, 5) is 4.81. The van der Waals surface area contributed by atoms with Crippen molar-refractivity contribution in [1.29, 1.82) is 0 Å². The maximum Gasteiger partial charge on any atom is 0.175 e. The molecule has 0 atom stereocenters. The molecule has 1 aliphatic heterocycles. The van der Waals surface area contributed by atoms with E-state index in [1.807, 2.05) is 0 Å². The molecule has 31 heavy (non-hydrogen) atoms. The van der Waals surface area contributed by atoms with Crippen LogP contribution < -0.4 is 4.74 Å². The lowest BCUT2D eigenvalue weighted by Crippen LogP contribution is -2.39. The minimum absolute atomic E-state index is 0.387. The Bertz CT molecular complexity index is 855. The van der Waals surface area contributed by atoms with Crippen LogP contribution in [0.15, 0.2) is 16.7 Å². The molecule has 0 bridgehead atoms. The van der Waals surface area contributed by atoms with E-state index in [0.29, 0.717) is 5.41 Å². The second-order valence-electron chi connectivity index (χ2n) is 11.4. The molecule has 2 fully saturated rings. The molecule has 0 amide bonds. The summed E-state index contributed by atoms with van der Waals surface area (Å²) in [5.74, 6) is 2.50. The minimum atomic E-state index is 0.387. The molecule has 5 heteroatoms. The third-order valence-electron chi connectivity index (χ3n) is 6.62. The van der Waals surface area contributed by atoms with Crippen molar-refractivity contribution in [2.75, 3.05) is 40.3 Å². The van der Waals surface area contributed by atoms with Crippen LogP contribution in [0.25, 0.3) is 11.0 Å². The number of hydrogen-bond acceptors (Lipinski definition) is 5. The highest BCUT2D eigenvalue weighted by Gasteiger charge is 2.25. The van der Waals surface area contributed by atoms with Crippen LogP contribution in [0.5, 0.6) is 5.75 Å². The topological polar surface area (TPSA) is 41.7 Å². The fourth-order valence-electron chi connectivity index (χ4n) is 4.81. The zero-order valence-electron chi connectivity index (χ0n) is 20.2. The Morgan fingerprint density at radius 2 is 1.84 bits per heavy atom. The number of aryl methyl sites for hydroxylation is 1. The maximum atomic E-state index is 6.16. The van der Waals surface area contributed by atoms with Gasteiger partial charge in [0, 0.05) is 18.5 Å². The summed E-state index contributed by atoms with van der Waals surface area (Å²) in [5.41, 5.74) is 3.55. The Balaban J connectivity index is 1.39. The van der Waals surface area contributed by atoms with Crippen LogP contribution in [0.2, 0.25) is 0 Å². The summed E-state index contributed by atoms with van der Waals surface area (Å²) in [7, 11) is 4.18. The lowest BCUT2D eigenvalue weighted by molar-refractivity contribution is 0.133. The van der Waals surface area contributed by atoms with Crippen LogP contribution in [-0.4, -0.2) is 55.3 Å². The van der Waals surface area contributed by atoms with Crippen molar-refractivity contribution in [3.63, 3.8) is 0 Å². The third-order valence-corrected chi connectivity index (χ3v) is 6.62. The fraction of sp³-hybridized carbons (Fsp3) is 0.731. The van der Waals surface area contributed by atoms with Crippen LogP contribution in [-0.2, 0) is 13.0 Å². The Morgan fingerprint density at radius 1 is 1.10 bits per heavy atom.